The molecule has 0 unspecified atom stereocenters. The van der Waals surface area contributed by atoms with E-state index < -0.39 is 48.0 Å². The number of benzene rings is 3. The molecule has 0 aliphatic rings. The van der Waals surface area contributed by atoms with Gasteiger partial charge in [-0.1, -0.05) is 0 Å². The number of hydrogen-bond donors (Lipinski definition) is 0. The summed E-state index contributed by atoms with van der Waals surface area (Å²) in [5.74, 6) is 4.52. The van der Waals surface area contributed by atoms with Crippen molar-refractivity contribution in [2.24, 2.45) is 0 Å². The van der Waals surface area contributed by atoms with Crippen molar-refractivity contribution in [3.8, 4) is 34.5 Å². The summed E-state index contributed by atoms with van der Waals surface area (Å²) in [5.41, 5.74) is -2.94. The third-order valence-electron chi connectivity index (χ3n) is 6.21. The Morgan fingerprint density at radius 3 is 0.551 bits per heavy atom. The molecule has 0 fully saturated rings. The minimum atomic E-state index is -3.28. The molecular formula is C42H63GeO6. The van der Waals surface area contributed by atoms with Crippen molar-refractivity contribution in [2.75, 3.05) is 0 Å². The van der Waals surface area contributed by atoms with Gasteiger partial charge in [0.2, 0.25) is 0 Å². The van der Waals surface area contributed by atoms with Crippen LogP contribution in [0.2, 0.25) is 0 Å². The van der Waals surface area contributed by atoms with E-state index in [1.165, 1.54) is 0 Å². The van der Waals surface area contributed by atoms with E-state index >= 15 is 0 Å². The summed E-state index contributed by atoms with van der Waals surface area (Å²) in [7, 11) is 0. The van der Waals surface area contributed by atoms with Gasteiger partial charge in [-0.25, -0.2) is 0 Å². The summed E-state index contributed by atoms with van der Waals surface area (Å²) >= 11 is -3.28. The third-order valence-corrected chi connectivity index (χ3v) is 12.5. The predicted octanol–water partition coefficient (Wildman–Crippen LogP) is 9.27. The van der Waals surface area contributed by atoms with Gasteiger partial charge >= 0.3 is 303 Å². The van der Waals surface area contributed by atoms with Gasteiger partial charge in [0.1, 0.15) is 0 Å². The maximum absolute atomic E-state index is 6.87. The van der Waals surface area contributed by atoms with Crippen molar-refractivity contribution in [1.82, 2.24) is 0 Å². The summed E-state index contributed by atoms with van der Waals surface area (Å²) in [6.45, 7) is 37.3. The van der Waals surface area contributed by atoms with E-state index in [0.29, 0.717) is 0 Å². The molecule has 0 atom stereocenters. The van der Waals surface area contributed by atoms with Crippen LogP contribution >= 0.6 is 0 Å². The van der Waals surface area contributed by atoms with Crippen LogP contribution in [0.1, 0.15) is 125 Å². The molecule has 0 aliphatic heterocycles. The molecule has 0 N–H and O–H groups in total. The number of hydrogen-bond acceptors (Lipinski definition) is 6. The molecule has 3 aromatic rings. The first-order valence-electron chi connectivity index (χ1n) is 17.4. The van der Waals surface area contributed by atoms with E-state index in [0.717, 1.165) is 47.7 Å². The topological polar surface area (TPSA) is 55.4 Å². The van der Waals surface area contributed by atoms with Gasteiger partial charge in [0.15, 0.2) is 0 Å². The van der Waals surface area contributed by atoms with Gasteiger partial charge < -0.3 is 0 Å². The summed E-state index contributed by atoms with van der Waals surface area (Å²) < 4.78 is 44.2. The Kier molecular flexibility index (Phi) is 11.8. The third kappa shape index (κ3) is 12.7. The van der Waals surface area contributed by atoms with Gasteiger partial charge in [-0.05, 0) is 0 Å². The summed E-state index contributed by atoms with van der Waals surface area (Å²) in [6, 6.07) is 18.4. The molecule has 6 nitrogen and oxygen atoms in total. The van der Waals surface area contributed by atoms with E-state index in [1.54, 1.807) is 0 Å². The molecule has 0 saturated heterocycles. The zero-order valence-electron chi connectivity index (χ0n) is 33.6. The van der Waals surface area contributed by atoms with Crippen LogP contribution in [-0.2, 0) is 0 Å². The molecule has 49 heavy (non-hydrogen) atoms. The Labute approximate surface area is 302 Å². The van der Waals surface area contributed by atoms with E-state index in [4.69, 9.17) is 28.4 Å². The van der Waals surface area contributed by atoms with Crippen molar-refractivity contribution in [2.45, 2.75) is 158 Å². The Hall–Kier alpha value is -3.00. The van der Waals surface area contributed by atoms with Crippen LogP contribution in [0, 0.1) is 0 Å². The summed E-state index contributed by atoms with van der Waals surface area (Å²) in [4.78, 5) is 0. The quantitative estimate of drug-likeness (QED) is 0.204. The van der Waals surface area contributed by atoms with Crippen molar-refractivity contribution in [3.63, 3.8) is 0 Å². The molecule has 3 rings (SSSR count). The van der Waals surface area contributed by atoms with Crippen molar-refractivity contribution in [3.05, 3.63) is 54.6 Å². The number of rotatable bonds is 9. The Morgan fingerprint density at radius 1 is 0.286 bits per heavy atom. The normalized spacial score (nSPS) is 13.3. The average molecular weight is 737 g/mol. The molecule has 0 spiro atoms. The van der Waals surface area contributed by atoms with E-state index in [-0.39, 0.29) is 0 Å². The van der Waals surface area contributed by atoms with Crippen LogP contribution in [0.15, 0.2) is 54.6 Å². The fourth-order valence-electron chi connectivity index (χ4n) is 5.14. The monoisotopic (exact) mass is 737 g/mol. The predicted molar refractivity (Wildman–Crippen MR) is 206 cm³/mol. The van der Waals surface area contributed by atoms with Crippen LogP contribution < -0.4 is 41.6 Å². The van der Waals surface area contributed by atoms with Gasteiger partial charge in [-0.15, -0.1) is 0 Å². The van der Waals surface area contributed by atoms with Crippen molar-refractivity contribution >= 4 is 27.5 Å². The SMILES string of the molecule is CC(C)(C)Oc1cccc(OC(C)(C)C)[c]1[Ge]([c]1c(OC(C)(C)C)cccc1OC(C)(C)C)[c]1c(OC(C)(C)C)cccc1OC(C)(C)C. The first-order valence-corrected chi connectivity index (χ1v) is 20.6. The Morgan fingerprint density at radius 2 is 0.429 bits per heavy atom. The first kappa shape index (κ1) is 40.4. The maximum atomic E-state index is 6.87. The zero-order chi connectivity index (χ0) is 37.4. The van der Waals surface area contributed by atoms with E-state index in [1.807, 2.05) is 18.2 Å². The molecule has 0 saturated carbocycles. The van der Waals surface area contributed by atoms with Crippen molar-refractivity contribution < 1.29 is 28.4 Å². The summed E-state index contributed by atoms with van der Waals surface area (Å²) in [5, 5.41) is 0. The van der Waals surface area contributed by atoms with E-state index in [2.05, 4.69) is 161 Å². The van der Waals surface area contributed by atoms with E-state index in [9.17, 15) is 0 Å². The molecule has 0 aromatic heterocycles. The van der Waals surface area contributed by atoms with Crippen LogP contribution in [-0.4, -0.2) is 48.0 Å². The second-order valence-corrected chi connectivity index (χ2v) is 23.3. The van der Waals surface area contributed by atoms with Crippen LogP contribution in [0.5, 0.6) is 34.5 Å². The van der Waals surface area contributed by atoms with Gasteiger partial charge in [0.05, 0.1) is 0 Å². The van der Waals surface area contributed by atoms with Gasteiger partial charge in [-0.3, -0.25) is 0 Å². The minimum absolute atomic E-state index is 0.489. The average Bonchev–Trinajstić information content (AvgIpc) is 2.82. The second-order valence-electron chi connectivity index (χ2n) is 18.5. The van der Waals surface area contributed by atoms with Crippen LogP contribution in [0.3, 0.4) is 0 Å². The Bertz CT molecular complexity index is 1280. The molecule has 7 heteroatoms. The second kappa shape index (κ2) is 14.3. The molecular weight excluding hydrogens is 673 g/mol. The van der Waals surface area contributed by atoms with Crippen molar-refractivity contribution in [1.29, 1.82) is 0 Å². The standard InChI is InChI=1S/C42H63GeO6/c1-37(2,3)44-28-22-19-23-29(45-38(4,5)6)34(28)43(35-30(46-39(7,8)9)24-20-25-31(35)47-40(10,11)12)36-32(48-41(13,14)15)26-21-27-33(36)49-42(16,17)18/h19-27H,1-18H3. The molecule has 3 aromatic carbocycles. The fraction of sp³-hybridized carbons (Fsp3) is 0.571. The molecule has 271 valence electrons. The van der Waals surface area contributed by atoms with Gasteiger partial charge in [0.25, 0.3) is 0 Å². The molecule has 0 heterocycles. The molecule has 1 radical (unpaired) electrons. The zero-order valence-corrected chi connectivity index (χ0v) is 35.7. The number of ether oxygens (including phenoxy) is 6. The summed E-state index contributed by atoms with van der Waals surface area (Å²) in [6.07, 6.45) is 0. The van der Waals surface area contributed by atoms with Crippen LogP contribution in [0.25, 0.3) is 0 Å². The first-order chi connectivity index (χ1) is 22.0. The molecule has 0 bridgehead atoms. The van der Waals surface area contributed by atoms with Crippen LogP contribution in [0.4, 0.5) is 0 Å². The molecule has 0 aliphatic carbocycles. The Balaban J connectivity index is 2.75. The fourth-order valence-corrected chi connectivity index (χ4v) is 11.5. The van der Waals surface area contributed by atoms with Gasteiger partial charge in [0, 0.05) is 0 Å². The molecule has 0 amide bonds. The van der Waals surface area contributed by atoms with Gasteiger partial charge in [-0.2, -0.15) is 0 Å².